The molecule has 1 rings (SSSR count). The third-order valence-electron chi connectivity index (χ3n) is 2.86. The maximum absolute atomic E-state index is 8.73. The van der Waals surface area contributed by atoms with Gasteiger partial charge in [-0.1, -0.05) is 37.8 Å². The fraction of sp³-hybridized carbons (Fsp3) is 0.471. The van der Waals surface area contributed by atoms with Gasteiger partial charge in [0, 0.05) is 31.6 Å². The fourth-order valence-electron chi connectivity index (χ4n) is 2.06. The molecule has 0 radical (unpaired) electrons. The topological polar surface area (TPSA) is 53.0 Å². The summed E-state index contributed by atoms with van der Waals surface area (Å²) < 4.78 is 0. The summed E-state index contributed by atoms with van der Waals surface area (Å²) >= 11 is 0. The molecule has 0 bridgehead atoms. The van der Waals surface area contributed by atoms with Crippen molar-refractivity contribution in [3.05, 3.63) is 35.4 Å². The molecule has 0 aliphatic heterocycles. The molecule has 1 aromatic rings. The van der Waals surface area contributed by atoms with Crippen LogP contribution in [0, 0.1) is 29.1 Å². The summed E-state index contributed by atoms with van der Waals surface area (Å²) in [6, 6.07) is 10.5. The van der Waals surface area contributed by atoms with E-state index >= 15 is 0 Å². The second-order valence-corrected chi connectivity index (χ2v) is 5.24. The van der Waals surface area contributed by atoms with E-state index in [1.165, 1.54) is 5.56 Å². The molecule has 0 saturated carbocycles. The number of benzene rings is 1. The van der Waals surface area contributed by atoms with Gasteiger partial charge in [0.2, 0.25) is 0 Å². The molecule has 0 aliphatic rings. The van der Waals surface area contributed by atoms with Crippen molar-refractivity contribution in [1.82, 2.24) is 4.90 Å². The Morgan fingerprint density at radius 2 is 1.95 bits per heavy atom. The summed E-state index contributed by atoms with van der Waals surface area (Å²) in [5, 5.41) is 8.73. The molecule has 106 valence electrons. The van der Waals surface area contributed by atoms with Gasteiger partial charge in [-0.25, -0.2) is 0 Å². The molecule has 0 amide bonds. The van der Waals surface area contributed by atoms with Crippen LogP contribution in [-0.2, 0) is 6.54 Å². The van der Waals surface area contributed by atoms with Crippen LogP contribution in [0.5, 0.6) is 0 Å². The first-order valence-electron chi connectivity index (χ1n) is 7.03. The molecule has 3 heteroatoms. The lowest BCUT2D eigenvalue weighted by Gasteiger charge is -2.23. The average Bonchev–Trinajstić information content (AvgIpc) is 2.43. The van der Waals surface area contributed by atoms with Crippen molar-refractivity contribution in [1.29, 1.82) is 5.26 Å². The molecule has 0 heterocycles. The predicted octanol–water partition coefficient (Wildman–Crippen LogP) is 2.37. The lowest BCUT2D eigenvalue weighted by atomic mass is 10.1. The van der Waals surface area contributed by atoms with Crippen molar-refractivity contribution in [3.8, 4) is 17.9 Å². The van der Waals surface area contributed by atoms with Gasteiger partial charge in [-0.3, -0.25) is 4.90 Å². The standard InChI is InChI=1S/C17H23N3/c1-15(2)13-20(12-4-11-19)14-17-8-6-16(7-9-17)5-3-10-18/h6-9,15H,4,10,12-14,18H2,1-2H3. The zero-order valence-corrected chi connectivity index (χ0v) is 12.4. The largest absolute Gasteiger partial charge is 0.320 e. The van der Waals surface area contributed by atoms with Gasteiger partial charge in [0.05, 0.1) is 12.6 Å². The van der Waals surface area contributed by atoms with Gasteiger partial charge in [0.1, 0.15) is 0 Å². The minimum Gasteiger partial charge on any atom is -0.320 e. The third kappa shape index (κ3) is 6.38. The summed E-state index contributed by atoms with van der Waals surface area (Å²) in [6.45, 7) is 7.50. The first-order valence-corrected chi connectivity index (χ1v) is 7.03. The third-order valence-corrected chi connectivity index (χ3v) is 2.86. The van der Waals surface area contributed by atoms with Gasteiger partial charge >= 0.3 is 0 Å². The maximum atomic E-state index is 8.73. The summed E-state index contributed by atoms with van der Waals surface area (Å²) in [7, 11) is 0. The van der Waals surface area contributed by atoms with Gasteiger partial charge in [0.15, 0.2) is 0 Å². The molecule has 2 N–H and O–H groups in total. The summed E-state index contributed by atoms with van der Waals surface area (Å²) in [6.07, 6.45) is 0.576. The Labute approximate surface area is 122 Å². The van der Waals surface area contributed by atoms with Gasteiger partial charge in [-0.15, -0.1) is 0 Å². The van der Waals surface area contributed by atoms with Crippen LogP contribution < -0.4 is 5.73 Å². The van der Waals surface area contributed by atoms with Crippen LogP contribution >= 0.6 is 0 Å². The van der Waals surface area contributed by atoms with Gasteiger partial charge in [0.25, 0.3) is 0 Å². The molecule has 1 aromatic carbocycles. The minimum absolute atomic E-state index is 0.387. The number of hydrogen-bond donors (Lipinski definition) is 1. The van der Waals surface area contributed by atoms with Crippen LogP contribution in [0.4, 0.5) is 0 Å². The molecule has 0 aromatic heterocycles. The van der Waals surface area contributed by atoms with Gasteiger partial charge in [-0.05, 0) is 23.6 Å². The zero-order valence-electron chi connectivity index (χ0n) is 12.4. The highest BCUT2D eigenvalue weighted by Crippen LogP contribution is 2.09. The van der Waals surface area contributed by atoms with Crippen molar-refractivity contribution < 1.29 is 0 Å². The van der Waals surface area contributed by atoms with E-state index in [-0.39, 0.29) is 0 Å². The SMILES string of the molecule is CC(C)CN(CCC#N)Cc1ccc(C#CCN)cc1. The zero-order chi connectivity index (χ0) is 14.8. The number of nitrogens with two attached hydrogens (primary N) is 1. The number of nitriles is 1. The highest BCUT2D eigenvalue weighted by molar-refractivity contribution is 5.36. The molecule has 0 unspecified atom stereocenters. The molecular weight excluding hydrogens is 246 g/mol. The molecule has 0 fully saturated rings. The van der Waals surface area contributed by atoms with Gasteiger partial charge in [-0.2, -0.15) is 5.26 Å². The number of hydrogen-bond acceptors (Lipinski definition) is 3. The van der Waals surface area contributed by atoms with E-state index in [2.05, 4.69) is 48.8 Å². The second-order valence-electron chi connectivity index (χ2n) is 5.24. The van der Waals surface area contributed by atoms with E-state index in [4.69, 9.17) is 11.0 Å². The molecule has 0 saturated heterocycles. The predicted molar refractivity (Wildman–Crippen MR) is 82.7 cm³/mol. The Kier molecular flexibility index (Phi) is 7.43. The monoisotopic (exact) mass is 269 g/mol. The van der Waals surface area contributed by atoms with Crippen molar-refractivity contribution in [3.63, 3.8) is 0 Å². The van der Waals surface area contributed by atoms with Crippen molar-refractivity contribution in [2.24, 2.45) is 11.7 Å². The van der Waals surface area contributed by atoms with Crippen LogP contribution in [0.2, 0.25) is 0 Å². The number of rotatable bonds is 6. The highest BCUT2D eigenvalue weighted by Gasteiger charge is 2.07. The first-order chi connectivity index (χ1) is 9.65. The maximum Gasteiger partial charge on any atom is 0.0635 e. The lowest BCUT2D eigenvalue weighted by Crippen LogP contribution is -2.28. The van der Waals surface area contributed by atoms with Crippen LogP contribution in [-0.4, -0.2) is 24.5 Å². The summed E-state index contributed by atoms with van der Waals surface area (Å²) in [5.41, 5.74) is 7.60. The smallest absolute Gasteiger partial charge is 0.0635 e. The highest BCUT2D eigenvalue weighted by atomic mass is 15.1. The number of nitrogens with zero attached hydrogens (tertiary/aromatic N) is 2. The Bertz CT molecular complexity index is 486. The molecule has 0 atom stereocenters. The molecule has 0 spiro atoms. The molecule has 3 nitrogen and oxygen atoms in total. The second kappa shape index (κ2) is 9.15. The normalized spacial score (nSPS) is 10.2. The Hall–Kier alpha value is -1.81. The molecule has 0 aliphatic carbocycles. The van der Waals surface area contributed by atoms with Gasteiger partial charge < -0.3 is 5.73 Å². The van der Waals surface area contributed by atoms with E-state index < -0.39 is 0 Å². The van der Waals surface area contributed by atoms with E-state index in [1.54, 1.807) is 0 Å². The van der Waals surface area contributed by atoms with E-state index in [0.29, 0.717) is 18.9 Å². The first kappa shape index (κ1) is 16.2. The van der Waals surface area contributed by atoms with Crippen LogP contribution in [0.25, 0.3) is 0 Å². The van der Waals surface area contributed by atoms with Crippen molar-refractivity contribution >= 4 is 0 Å². The summed E-state index contributed by atoms with van der Waals surface area (Å²) in [5.74, 6) is 6.47. The van der Waals surface area contributed by atoms with E-state index in [1.807, 2.05) is 12.1 Å². The van der Waals surface area contributed by atoms with Crippen LogP contribution in [0.3, 0.4) is 0 Å². The minimum atomic E-state index is 0.387. The fourth-order valence-corrected chi connectivity index (χ4v) is 2.06. The Morgan fingerprint density at radius 3 is 2.50 bits per heavy atom. The molecular formula is C17H23N3. The van der Waals surface area contributed by atoms with Crippen molar-refractivity contribution in [2.45, 2.75) is 26.8 Å². The lowest BCUT2D eigenvalue weighted by molar-refractivity contribution is 0.241. The molecule has 20 heavy (non-hydrogen) atoms. The van der Waals surface area contributed by atoms with Crippen LogP contribution in [0.15, 0.2) is 24.3 Å². The van der Waals surface area contributed by atoms with E-state index in [9.17, 15) is 0 Å². The van der Waals surface area contributed by atoms with Crippen molar-refractivity contribution in [2.75, 3.05) is 19.6 Å². The quantitative estimate of drug-likeness (QED) is 0.807. The Morgan fingerprint density at radius 1 is 1.25 bits per heavy atom. The van der Waals surface area contributed by atoms with E-state index in [0.717, 1.165) is 25.2 Å². The average molecular weight is 269 g/mol. The van der Waals surface area contributed by atoms with Crippen LogP contribution in [0.1, 0.15) is 31.4 Å². The Balaban J connectivity index is 2.65. The summed E-state index contributed by atoms with van der Waals surface area (Å²) in [4.78, 5) is 2.33.